The second-order valence-corrected chi connectivity index (χ2v) is 8.38. The minimum Gasteiger partial charge on any atom is -0.497 e. The predicted octanol–water partition coefficient (Wildman–Crippen LogP) is 5.43. The van der Waals surface area contributed by atoms with E-state index >= 15 is 0 Å². The summed E-state index contributed by atoms with van der Waals surface area (Å²) in [6.45, 7) is 0. The molecule has 0 aliphatic heterocycles. The van der Waals surface area contributed by atoms with E-state index in [1.165, 1.54) is 0 Å². The molecule has 4 heterocycles. The number of hydrogen-bond donors (Lipinski definition) is 0. The molecule has 6 rings (SSSR count). The quantitative estimate of drug-likeness (QED) is 0.322. The number of hydrogen-bond acceptors (Lipinski definition) is 3. The highest BCUT2D eigenvalue weighted by molar-refractivity contribution is 5.82. The third-order valence-corrected chi connectivity index (χ3v) is 6.46. The van der Waals surface area contributed by atoms with Crippen LogP contribution in [0.25, 0.3) is 45.2 Å². The number of aromatic nitrogens is 4. The first-order chi connectivity index (χ1) is 17.2. The van der Waals surface area contributed by atoms with E-state index in [0.717, 1.165) is 56.7 Å². The normalized spacial score (nSPS) is 11.3. The second-order valence-electron chi connectivity index (χ2n) is 8.38. The fourth-order valence-electron chi connectivity index (χ4n) is 4.77. The molecule has 0 N–H and O–H groups in total. The topological polar surface area (TPSA) is 44.1 Å². The molecular formula is C29H25N4O2+. The Morgan fingerprint density at radius 1 is 0.657 bits per heavy atom. The average Bonchev–Trinajstić information content (AvgIpc) is 3.43. The van der Waals surface area contributed by atoms with Crippen LogP contribution in [-0.4, -0.2) is 28.0 Å². The van der Waals surface area contributed by atoms with Gasteiger partial charge in [-0.1, -0.05) is 12.1 Å². The maximum Gasteiger partial charge on any atom is 0.331 e. The Bertz CT molecular complexity index is 1660. The van der Waals surface area contributed by atoms with E-state index in [0.29, 0.717) is 0 Å². The number of fused-ring (bicyclic) bond motifs is 2. The zero-order chi connectivity index (χ0) is 23.9. The van der Waals surface area contributed by atoms with Crippen molar-refractivity contribution in [2.45, 2.75) is 0 Å². The Labute approximate surface area is 203 Å². The summed E-state index contributed by atoms with van der Waals surface area (Å²) in [6, 6.07) is 28.7. The van der Waals surface area contributed by atoms with Crippen LogP contribution in [0, 0.1) is 0 Å². The highest BCUT2D eigenvalue weighted by Crippen LogP contribution is 2.33. The largest absolute Gasteiger partial charge is 0.497 e. The van der Waals surface area contributed by atoms with Crippen LogP contribution in [0.5, 0.6) is 11.5 Å². The monoisotopic (exact) mass is 461 g/mol. The molecule has 6 heteroatoms. The van der Waals surface area contributed by atoms with Crippen LogP contribution in [0.4, 0.5) is 0 Å². The molecule has 0 saturated heterocycles. The molecule has 0 unspecified atom stereocenters. The standard InChI is InChI=1S/C29H25N4O2/c1-31-27(21-12-16-23(35-3)17-13-21)25-9-5-7-19-33(25)29(31)28-30-26(24-8-4-6-18-32(24)28)20-10-14-22(34-2)15-11-20/h4-19H,1-3H3/q+1. The van der Waals surface area contributed by atoms with Crippen LogP contribution < -0.4 is 14.0 Å². The minimum atomic E-state index is 0.825. The fourth-order valence-corrected chi connectivity index (χ4v) is 4.77. The Kier molecular flexibility index (Phi) is 4.99. The number of nitrogens with zero attached hydrogens (tertiary/aromatic N) is 4. The van der Waals surface area contributed by atoms with Crippen LogP contribution in [0.3, 0.4) is 0 Å². The molecule has 35 heavy (non-hydrogen) atoms. The van der Waals surface area contributed by atoms with E-state index < -0.39 is 0 Å². The maximum absolute atomic E-state index is 5.37. The SMILES string of the molecule is COc1ccc(-c2nc(-c3n4ccccc4c(-c4ccc(OC)cc4)[n+]3C)n3ccccc23)cc1. The van der Waals surface area contributed by atoms with Crippen LogP contribution in [0.2, 0.25) is 0 Å². The summed E-state index contributed by atoms with van der Waals surface area (Å²) in [7, 11) is 5.46. The van der Waals surface area contributed by atoms with E-state index in [1.54, 1.807) is 14.2 Å². The summed E-state index contributed by atoms with van der Waals surface area (Å²) in [5.41, 5.74) is 6.35. The van der Waals surface area contributed by atoms with Gasteiger partial charge in [0.1, 0.15) is 11.5 Å². The summed E-state index contributed by atoms with van der Waals surface area (Å²) < 4.78 is 17.3. The van der Waals surface area contributed by atoms with Gasteiger partial charge in [0.25, 0.3) is 0 Å². The van der Waals surface area contributed by atoms with E-state index in [1.807, 2.05) is 36.4 Å². The average molecular weight is 462 g/mol. The Morgan fingerprint density at radius 2 is 1.23 bits per heavy atom. The molecule has 0 atom stereocenters. The van der Waals surface area contributed by atoms with Gasteiger partial charge in [-0.15, -0.1) is 0 Å². The van der Waals surface area contributed by atoms with Crippen molar-refractivity contribution in [3.8, 4) is 45.7 Å². The van der Waals surface area contributed by atoms with E-state index in [9.17, 15) is 0 Å². The smallest absolute Gasteiger partial charge is 0.331 e. The number of pyridine rings is 2. The molecule has 4 aromatic heterocycles. The molecule has 6 nitrogen and oxygen atoms in total. The highest BCUT2D eigenvalue weighted by atomic mass is 16.5. The lowest BCUT2D eigenvalue weighted by Crippen LogP contribution is -2.32. The molecule has 6 aromatic rings. The Morgan fingerprint density at radius 3 is 1.86 bits per heavy atom. The van der Waals surface area contributed by atoms with Crippen molar-refractivity contribution in [1.82, 2.24) is 13.8 Å². The third kappa shape index (κ3) is 3.34. The molecule has 0 saturated carbocycles. The van der Waals surface area contributed by atoms with Crippen molar-refractivity contribution in [1.29, 1.82) is 0 Å². The van der Waals surface area contributed by atoms with Gasteiger partial charge in [0.05, 0.1) is 38.7 Å². The number of benzene rings is 2. The fraction of sp³-hybridized carbons (Fsp3) is 0.103. The van der Waals surface area contributed by atoms with Crippen LogP contribution in [0.15, 0.2) is 97.3 Å². The van der Waals surface area contributed by atoms with E-state index in [2.05, 4.69) is 81.3 Å². The van der Waals surface area contributed by atoms with Gasteiger partial charge in [-0.3, -0.25) is 4.40 Å². The summed E-state index contributed by atoms with van der Waals surface area (Å²) in [5, 5.41) is 0. The van der Waals surface area contributed by atoms with E-state index in [4.69, 9.17) is 14.5 Å². The molecule has 0 aliphatic carbocycles. The van der Waals surface area contributed by atoms with Crippen molar-refractivity contribution in [2.24, 2.45) is 7.05 Å². The summed E-state index contributed by atoms with van der Waals surface area (Å²) in [4.78, 5) is 5.19. The number of ether oxygens (including phenoxy) is 2. The highest BCUT2D eigenvalue weighted by Gasteiger charge is 2.29. The molecule has 2 aromatic carbocycles. The molecule has 0 fully saturated rings. The van der Waals surface area contributed by atoms with Crippen molar-refractivity contribution >= 4 is 11.0 Å². The summed E-state index contributed by atoms with van der Waals surface area (Å²) >= 11 is 0. The maximum atomic E-state index is 5.37. The first kappa shape index (κ1) is 21.0. The molecule has 0 aliphatic rings. The lowest BCUT2D eigenvalue weighted by molar-refractivity contribution is -0.648. The van der Waals surface area contributed by atoms with Gasteiger partial charge in [0.2, 0.25) is 5.82 Å². The lowest BCUT2D eigenvalue weighted by atomic mass is 10.1. The predicted molar refractivity (Wildman–Crippen MR) is 137 cm³/mol. The van der Waals surface area contributed by atoms with Gasteiger partial charge in [0.15, 0.2) is 11.2 Å². The number of methoxy groups -OCH3 is 2. The first-order valence-electron chi connectivity index (χ1n) is 11.4. The van der Waals surface area contributed by atoms with Gasteiger partial charge in [-0.25, -0.2) is 9.55 Å². The molecule has 172 valence electrons. The molecule has 0 spiro atoms. The van der Waals surface area contributed by atoms with Gasteiger partial charge in [-0.05, 0) is 72.8 Å². The van der Waals surface area contributed by atoms with Gasteiger partial charge in [0, 0.05) is 17.3 Å². The Hall–Kier alpha value is -4.58. The van der Waals surface area contributed by atoms with Gasteiger partial charge < -0.3 is 9.47 Å². The zero-order valence-corrected chi connectivity index (χ0v) is 19.8. The molecule has 0 bridgehead atoms. The van der Waals surface area contributed by atoms with Gasteiger partial charge >= 0.3 is 5.82 Å². The van der Waals surface area contributed by atoms with Crippen molar-refractivity contribution < 1.29 is 14.0 Å². The third-order valence-electron chi connectivity index (χ3n) is 6.46. The van der Waals surface area contributed by atoms with Crippen LogP contribution in [0.1, 0.15) is 0 Å². The van der Waals surface area contributed by atoms with Crippen molar-refractivity contribution in [2.75, 3.05) is 14.2 Å². The summed E-state index contributed by atoms with van der Waals surface area (Å²) in [6.07, 6.45) is 4.16. The number of imidazole rings is 2. The number of rotatable bonds is 5. The molecule has 0 radical (unpaired) electrons. The summed E-state index contributed by atoms with van der Waals surface area (Å²) in [5.74, 6) is 3.52. The zero-order valence-electron chi connectivity index (χ0n) is 19.8. The second kappa shape index (κ2) is 8.33. The van der Waals surface area contributed by atoms with Crippen molar-refractivity contribution in [3.05, 3.63) is 97.3 Å². The lowest BCUT2D eigenvalue weighted by Gasteiger charge is -2.02. The first-order valence-corrected chi connectivity index (χ1v) is 11.4. The van der Waals surface area contributed by atoms with Gasteiger partial charge in [-0.2, -0.15) is 4.40 Å². The van der Waals surface area contributed by atoms with Crippen LogP contribution in [-0.2, 0) is 7.05 Å². The minimum absolute atomic E-state index is 0.825. The molecule has 0 amide bonds. The van der Waals surface area contributed by atoms with Crippen molar-refractivity contribution in [3.63, 3.8) is 0 Å². The molecular weight excluding hydrogens is 436 g/mol. The Balaban J connectivity index is 1.62. The van der Waals surface area contributed by atoms with Crippen LogP contribution >= 0.6 is 0 Å². The van der Waals surface area contributed by atoms with E-state index in [-0.39, 0.29) is 0 Å².